The molecule has 0 atom stereocenters. The van der Waals surface area contributed by atoms with Gasteiger partial charge in [0.2, 0.25) is 5.88 Å². The van der Waals surface area contributed by atoms with Crippen LogP contribution >= 0.6 is 0 Å². The van der Waals surface area contributed by atoms with E-state index in [1.807, 2.05) is 30.7 Å². The fourth-order valence-corrected chi connectivity index (χ4v) is 2.60. The van der Waals surface area contributed by atoms with Crippen molar-refractivity contribution in [3.63, 3.8) is 0 Å². The number of aryl methyl sites for hydroxylation is 2. The SMILES string of the molecule is Cc1ccc2ncn(C)c2c1CNC(=O)c1ccc(OC(F)F)nc1. The van der Waals surface area contributed by atoms with E-state index in [1.54, 1.807) is 6.33 Å². The molecule has 1 amide bonds. The minimum Gasteiger partial charge on any atom is -0.417 e. The van der Waals surface area contributed by atoms with E-state index in [4.69, 9.17) is 0 Å². The van der Waals surface area contributed by atoms with E-state index in [-0.39, 0.29) is 17.4 Å². The fraction of sp³-hybridized carbons (Fsp3) is 0.235. The molecule has 0 saturated heterocycles. The van der Waals surface area contributed by atoms with Crippen molar-refractivity contribution in [3.05, 3.63) is 53.5 Å². The number of carbonyl (C=O) groups excluding carboxylic acids is 1. The first-order chi connectivity index (χ1) is 12.0. The Bertz CT molecular complexity index is 907. The van der Waals surface area contributed by atoms with Gasteiger partial charge in [0.05, 0.1) is 22.9 Å². The number of ether oxygens (including phenoxy) is 1. The normalized spacial score (nSPS) is 11.1. The number of hydrogen-bond acceptors (Lipinski definition) is 4. The summed E-state index contributed by atoms with van der Waals surface area (Å²) in [6, 6.07) is 6.50. The second kappa shape index (κ2) is 6.84. The van der Waals surface area contributed by atoms with Crippen LogP contribution in [-0.2, 0) is 13.6 Å². The Morgan fingerprint density at radius 3 is 2.76 bits per heavy atom. The lowest BCUT2D eigenvalue weighted by molar-refractivity contribution is -0.0528. The number of nitrogens with one attached hydrogen (secondary N) is 1. The number of alkyl halides is 2. The first-order valence-corrected chi connectivity index (χ1v) is 7.54. The first-order valence-electron chi connectivity index (χ1n) is 7.54. The van der Waals surface area contributed by atoms with Gasteiger partial charge in [-0.25, -0.2) is 9.97 Å². The molecule has 130 valence electrons. The van der Waals surface area contributed by atoms with Crippen LogP contribution < -0.4 is 10.1 Å². The summed E-state index contributed by atoms with van der Waals surface area (Å²) in [6.45, 7) is -0.669. The molecular formula is C17H16F2N4O2. The summed E-state index contributed by atoms with van der Waals surface area (Å²) >= 11 is 0. The molecule has 6 nitrogen and oxygen atoms in total. The number of halogens is 2. The average molecular weight is 346 g/mol. The second-order valence-electron chi connectivity index (χ2n) is 5.53. The lowest BCUT2D eigenvalue weighted by Gasteiger charge is -2.11. The second-order valence-corrected chi connectivity index (χ2v) is 5.53. The molecular weight excluding hydrogens is 330 g/mol. The van der Waals surface area contributed by atoms with E-state index in [0.29, 0.717) is 6.54 Å². The highest BCUT2D eigenvalue weighted by Gasteiger charge is 2.12. The maximum absolute atomic E-state index is 12.3. The van der Waals surface area contributed by atoms with Crippen molar-refractivity contribution in [2.45, 2.75) is 20.1 Å². The summed E-state index contributed by atoms with van der Waals surface area (Å²) < 4.78 is 30.3. The molecule has 0 fully saturated rings. The standard InChI is InChI=1S/C17H16F2N4O2/c1-10-3-5-13-15(23(2)9-22-13)12(10)8-21-16(24)11-4-6-14(20-7-11)25-17(18)19/h3-7,9,17H,8H2,1-2H3,(H,21,24). The van der Waals surface area contributed by atoms with E-state index < -0.39 is 6.61 Å². The average Bonchev–Trinajstić information content (AvgIpc) is 2.95. The molecule has 0 radical (unpaired) electrons. The Morgan fingerprint density at radius 1 is 1.28 bits per heavy atom. The first kappa shape index (κ1) is 16.8. The molecule has 0 aliphatic rings. The number of benzene rings is 1. The van der Waals surface area contributed by atoms with Gasteiger partial charge in [0.25, 0.3) is 5.91 Å². The fourth-order valence-electron chi connectivity index (χ4n) is 2.60. The van der Waals surface area contributed by atoms with Gasteiger partial charge in [-0.2, -0.15) is 8.78 Å². The third-order valence-electron chi connectivity index (χ3n) is 3.85. The molecule has 25 heavy (non-hydrogen) atoms. The minimum atomic E-state index is -2.95. The highest BCUT2D eigenvalue weighted by atomic mass is 19.3. The highest BCUT2D eigenvalue weighted by molar-refractivity contribution is 5.94. The molecule has 0 unspecified atom stereocenters. The number of pyridine rings is 1. The summed E-state index contributed by atoms with van der Waals surface area (Å²) in [4.78, 5) is 20.3. The number of aromatic nitrogens is 3. The highest BCUT2D eigenvalue weighted by Crippen LogP contribution is 2.21. The summed E-state index contributed by atoms with van der Waals surface area (Å²) in [7, 11) is 1.89. The molecule has 2 heterocycles. The van der Waals surface area contributed by atoms with Gasteiger partial charge in [0.1, 0.15) is 0 Å². The van der Waals surface area contributed by atoms with Gasteiger partial charge in [-0.15, -0.1) is 0 Å². The van der Waals surface area contributed by atoms with Crippen LogP contribution in [0.4, 0.5) is 8.78 Å². The smallest absolute Gasteiger partial charge is 0.388 e. The van der Waals surface area contributed by atoms with Crippen LogP contribution in [0.2, 0.25) is 0 Å². The minimum absolute atomic E-state index is 0.234. The summed E-state index contributed by atoms with van der Waals surface area (Å²) in [5, 5.41) is 2.82. The predicted octanol–water partition coefficient (Wildman–Crippen LogP) is 2.81. The van der Waals surface area contributed by atoms with Crippen LogP contribution in [0.15, 0.2) is 36.8 Å². The lowest BCUT2D eigenvalue weighted by Crippen LogP contribution is -2.23. The van der Waals surface area contributed by atoms with Crippen molar-refractivity contribution in [1.29, 1.82) is 0 Å². The van der Waals surface area contributed by atoms with Crippen molar-refractivity contribution in [3.8, 4) is 5.88 Å². The van der Waals surface area contributed by atoms with Crippen LogP contribution in [0.3, 0.4) is 0 Å². The molecule has 1 N–H and O–H groups in total. The Labute approximate surface area is 142 Å². The van der Waals surface area contributed by atoms with E-state index in [9.17, 15) is 13.6 Å². The van der Waals surface area contributed by atoms with Crippen LogP contribution in [0.1, 0.15) is 21.5 Å². The number of nitrogens with zero attached hydrogens (tertiary/aromatic N) is 3. The third-order valence-corrected chi connectivity index (χ3v) is 3.85. The van der Waals surface area contributed by atoms with Gasteiger partial charge in [0.15, 0.2) is 0 Å². The Morgan fingerprint density at radius 2 is 2.08 bits per heavy atom. The molecule has 0 aliphatic carbocycles. The van der Waals surface area contributed by atoms with Gasteiger partial charge in [-0.1, -0.05) is 6.07 Å². The summed E-state index contributed by atoms with van der Waals surface area (Å²) in [5.41, 5.74) is 4.08. The lowest BCUT2D eigenvalue weighted by atomic mass is 10.1. The molecule has 3 rings (SSSR count). The van der Waals surface area contributed by atoms with E-state index in [0.717, 1.165) is 22.2 Å². The quantitative estimate of drug-likeness (QED) is 0.771. The van der Waals surface area contributed by atoms with Gasteiger partial charge >= 0.3 is 6.61 Å². The number of fused-ring (bicyclic) bond motifs is 1. The Balaban J connectivity index is 1.74. The summed E-state index contributed by atoms with van der Waals surface area (Å²) in [6.07, 6.45) is 2.92. The van der Waals surface area contributed by atoms with E-state index in [1.165, 1.54) is 18.3 Å². The zero-order valence-electron chi connectivity index (χ0n) is 13.7. The monoisotopic (exact) mass is 346 g/mol. The molecule has 0 bridgehead atoms. The van der Waals surface area contributed by atoms with Crippen molar-refractivity contribution in [2.75, 3.05) is 0 Å². The van der Waals surface area contributed by atoms with Crippen molar-refractivity contribution in [2.24, 2.45) is 7.05 Å². The van der Waals surface area contributed by atoms with Crippen LogP contribution in [0, 0.1) is 6.92 Å². The van der Waals surface area contributed by atoms with E-state index >= 15 is 0 Å². The Hall–Kier alpha value is -3.03. The molecule has 3 aromatic rings. The van der Waals surface area contributed by atoms with Crippen LogP contribution in [0.25, 0.3) is 11.0 Å². The molecule has 1 aromatic carbocycles. The maximum Gasteiger partial charge on any atom is 0.388 e. The van der Waals surface area contributed by atoms with Gasteiger partial charge in [0, 0.05) is 31.4 Å². The zero-order chi connectivity index (χ0) is 18.0. The largest absolute Gasteiger partial charge is 0.417 e. The maximum atomic E-state index is 12.3. The number of carbonyl (C=O) groups is 1. The molecule has 0 aliphatic heterocycles. The van der Waals surface area contributed by atoms with Crippen molar-refractivity contribution < 1.29 is 18.3 Å². The van der Waals surface area contributed by atoms with Crippen LogP contribution in [0.5, 0.6) is 5.88 Å². The molecule has 0 saturated carbocycles. The summed E-state index contributed by atoms with van der Waals surface area (Å²) in [5.74, 6) is -0.586. The number of hydrogen-bond donors (Lipinski definition) is 1. The molecule has 2 aromatic heterocycles. The van der Waals surface area contributed by atoms with E-state index in [2.05, 4.69) is 20.0 Å². The van der Waals surface area contributed by atoms with Gasteiger partial charge in [-0.3, -0.25) is 4.79 Å². The Kier molecular flexibility index (Phi) is 4.60. The van der Waals surface area contributed by atoms with Gasteiger partial charge < -0.3 is 14.6 Å². The number of imidazole rings is 1. The van der Waals surface area contributed by atoms with Gasteiger partial charge in [-0.05, 0) is 24.6 Å². The number of rotatable bonds is 5. The van der Waals surface area contributed by atoms with Crippen molar-refractivity contribution in [1.82, 2.24) is 19.9 Å². The third kappa shape index (κ3) is 3.57. The molecule has 0 spiro atoms. The topological polar surface area (TPSA) is 69.0 Å². The van der Waals surface area contributed by atoms with Crippen LogP contribution in [-0.4, -0.2) is 27.1 Å². The van der Waals surface area contributed by atoms with Crippen molar-refractivity contribution >= 4 is 16.9 Å². The molecule has 8 heteroatoms. The predicted molar refractivity (Wildman–Crippen MR) is 87.5 cm³/mol. The zero-order valence-corrected chi connectivity index (χ0v) is 13.7. The number of amides is 1.